The molecule has 0 rings (SSSR count). The van der Waals surface area contributed by atoms with Gasteiger partial charge in [0.2, 0.25) is 0 Å². The highest BCUT2D eigenvalue weighted by Crippen LogP contribution is 1.79. The van der Waals surface area contributed by atoms with E-state index < -0.39 is 10.9 Å². The number of quaternary nitrogens is 1. The summed E-state index contributed by atoms with van der Waals surface area (Å²) in [6.45, 7) is 3.19. The predicted octanol–water partition coefficient (Wildman–Crippen LogP) is -1.37. The fraction of sp³-hybridized carbons (Fsp3) is 1.00. The maximum atomic E-state index is 10.5. The molecule has 4 heteroatoms. The van der Waals surface area contributed by atoms with Gasteiger partial charge in [-0.05, 0) is 0 Å². The van der Waals surface area contributed by atoms with Crippen molar-refractivity contribution in [2.45, 2.75) is 19.5 Å². The van der Waals surface area contributed by atoms with Crippen LogP contribution in [0.3, 0.4) is 0 Å². The van der Waals surface area contributed by atoms with Gasteiger partial charge in [-0.3, -0.25) is 5.73 Å². The Morgan fingerprint density at radius 3 is 2.00 bits per heavy atom. The lowest BCUT2D eigenvalue weighted by molar-refractivity contribution is -1.09. The van der Waals surface area contributed by atoms with Crippen LogP contribution in [0.15, 0.2) is 0 Å². The van der Waals surface area contributed by atoms with Crippen LogP contribution >= 0.6 is 0 Å². The Morgan fingerprint density at radius 1 is 1.62 bits per heavy atom. The minimum Gasteiger partial charge on any atom is -0.598 e. The second kappa shape index (κ2) is 2.41. The van der Waals surface area contributed by atoms with Crippen LogP contribution in [0.25, 0.3) is 0 Å². The highest BCUT2D eigenvalue weighted by atomic mass is 16.9. The number of nitrogens with one attached hydrogen (secondary N) is 1. The van der Waals surface area contributed by atoms with Crippen molar-refractivity contribution < 1.29 is 10.1 Å². The SMILES string of the molecule is CO[NH+]([O-])C(C)(C)N. The largest absolute Gasteiger partial charge is 0.598 e. The summed E-state index contributed by atoms with van der Waals surface area (Å²) in [6.07, 6.45) is 0. The lowest BCUT2D eigenvalue weighted by atomic mass is 10.3. The lowest BCUT2D eigenvalue weighted by Crippen LogP contribution is -3.16. The molecule has 0 amide bonds. The zero-order valence-electron chi connectivity index (χ0n) is 5.39. The van der Waals surface area contributed by atoms with Gasteiger partial charge in [0.25, 0.3) is 0 Å². The zero-order valence-corrected chi connectivity index (χ0v) is 5.39. The molecule has 0 fully saturated rings. The van der Waals surface area contributed by atoms with E-state index in [2.05, 4.69) is 4.84 Å². The van der Waals surface area contributed by atoms with Crippen molar-refractivity contribution in [3.8, 4) is 0 Å². The van der Waals surface area contributed by atoms with E-state index in [1.54, 1.807) is 13.8 Å². The van der Waals surface area contributed by atoms with E-state index in [9.17, 15) is 5.21 Å². The summed E-state index contributed by atoms with van der Waals surface area (Å²) in [7, 11) is 1.32. The molecule has 1 atom stereocenters. The van der Waals surface area contributed by atoms with Crippen molar-refractivity contribution in [2.75, 3.05) is 7.11 Å². The molecule has 0 saturated heterocycles. The fourth-order valence-corrected chi connectivity index (χ4v) is 0.263. The van der Waals surface area contributed by atoms with Gasteiger partial charge in [0.1, 0.15) is 0 Å². The van der Waals surface area contributed by atoms with Crippen LogP contribution in [0.1, 0.15) is 13.8 Å². The van der Waals surface area contributed by atoms with Crippen molar-refractivity contribution in [2.24, 2.45) is 5.73 Å². The smallest absolute Gasteiger partial charge is 0.172 e. The Hall–Kier alpha value is -0.160. The summed E-state index contributed by atoms with van der Waals surface area (Å²) in [5.74, 6) is 0. The van der Waals surface area contributed by atoms with Crippen LogP contribution in [0.4, 0.5) is 0 Å². The minimum absolute atomic E-state index is 0.391. The number of hydrogen-bond acceptors (Lipinski definition) is 3. The maximum absolute atomic E-state index is 10.5. The van der Waals surface area contributed by atoms with Gasteiger partial charge in [0.15, 0.2) is 5.66 Å². The Balaban J connectivity index is 3.62. The first-order valence-electron chi connectivity index (χ1n) is 2.36. The fourth-order valence-electron chi connectivity index (χ4n) is 0.263. The van der Waals surface area contributed by atoms with E-state index in [1.165, 1.54) is 7.11 Å². The van der Waals surface area contributed by atoms with E-state index in [1.807, 2.05) is 0 Å². The molecule has 0 aromatic rings. The number of nitrogens with two attached hydrogens (primary N) is 1. The summed E-state index contributed by atoms with van der Waals surface area (Å²) in [5.41, 5.74) is 4.46. The quantitative estimate of drug-likeness (QED) is 0.349. The van der Waals surface area contributed by atoms with Crippen molar-refractivity contribution >= 4 is 0 Å². The molecule has 4 nitrogen and oxygen atoms in total. The Labute approximate surface area is 48.7 Å². The van der Waals surface area contributed by atoms with Crippen molar-refractivity contribution in [1.29, 1.82) is 0 Å². The van der Waals surface area contributed by atoms with Crippen LogP contribution in [0.5, 0.6) is 0 Å². The molecule has 0 aliphatic carbocycles. The third-order valence-electron chi connectivity index (χ3n) is 0.711. The van der Waals surface area contributed by atoms with Gasteiger partial charge in [-0.25, -0.2) is 10.1 Å². The minimum atomic E-state index is -0.852. The molecule has 1 unspecified atom stereocenters. The molecule has 0 heterocycles. The maximum Gasteiger partial charge on any atom is 0.172 e. The molecule has 8 heavy (non-hydrogen) atoms. The Kier molecular flexibility index (Phi) is 2.36. The van der Waals surface area contributed by atoms with Gasteiger partial charge in [-0.1, -0.05) is 0 Å². The van der Waals surface area contributed by atoms with E-state index in [4.69, 9.17) is 5.73 Å². The van der Waals surface area contributed by atoms with Crippen LogP contribution in [0.2, 0.25) is 0 Å². The molecule has 0 aliphatic heterocycles. The Bertz CT molecular complexity index is 68.9. The first-order valence-corrected chi connectivity index (χ1v) is 2.36. The van der Waals surface area contributed by atoms with Crippen molar-refractivity contribution in [3.05, 3.63) is 5.21 Å². The summed E-state index contributed by atoms with van der Waals surface area (Å²) in [4.78, 5) is 4.35. The highest BCUT2D eigenvalue weighted by molar-refractivity contribution is 4.49. The molecule has 0 bridgehead atoms. The third-order valence-corrected chi connectivity index (χ3v) is 0.711. The van der Waals surface area contributed by atoms with Crippen LogP contribution in [-0.4, -0.2) is 12.8 Å². The van der Waals surface area contributed by atoms with E-state index >= 15 is 0 Å². The highest BCUT2D eigenvalue weighted by Gasteiger charge is 2.18. The van der Waals surface area contributed by atoms with Crippen LogP contribution in [-0.2, 0) is 4.84 Å². The molecule has 0 spiro atoms. The average molecular weight is 120 g/mol. The molecule has 3 N–H and O–H groups in total. The van der Waals surface area contributed by atoms with Crippen molar-refractivity contribution in [3.63, 3.8) is 0 Å². The topological polar surface area (TPSA) is 62.8 Å². The molecule has 0 aliphatic rings. The van der Waals surface area contributed by atoms with Gasteiger partial charge in [0, 0.05) is 13.8 Å². The Morgan fingerprint density at radius 2 is 2.00 bits per heavy atom. The summed E-state index contributed by atoms with van der Waals surface area (Å²) >= 11 is 0. The number of hydroxylamine groups is 2. The molecule has 0 aromatic carbocycles. The van der Waals surface area contributed by atoms with Crippen LogP contribution in [0, 0.1) is 5.21 Å². The normalized spacial score (nSPS) is 16.1. The lowest BCUT2D eigenvalue weighted by Gasteiger charge is -2.30. The van der Waals surface area contributed by atoms with Crippen molar-refractivity contribution in [1.82, 2.24) is 0 Å². The van der Waals surface area contributed by atoms with Gasteiger partial charge >= 0.3 is 0 Å². The van der Waals surface area contributed by atoms with E-state index in [-0.39, 0.29) is 0 Å². The molecular formula is C4H12N2O2. The first kappa shape index (κ1) is 7.84. The second-order valence-corrected chi connectivity index (χ2v) is 2.21. The second-order valence-electron chi connectivity index (χ2n) is 2.21. The predicted molar refractivity (Wildman–Crippen MR) is 29.6 cm³/mol. The van der Waals surface area contributed by atoms with E-state index in [0.717, 1.165) is 0 Å². The standard InChI is InChI=1S/C4H12N2O2/c1-4(2,5)6(7)8-3/h6H,5H2,1-3H3. The zero-order chi connectivity index (χ0) is 6.78. The summed E-state index contributed by atoms with van der Waals surface area (Å²) < 4.78 is 0. The van der Waals surface area contributed by atoms with Gasteiger partial charge in [-0.15, -0.1) is 0 Å². The van der Waals surface area contributed by atoms with Gasteiger partial charge in [-0.2, -0.15) is 0 Å². The number of rotatable bonds is 2. The molecule has 0 aromatic heterocycles. The summed E-state index contributed by atoms with van der Waals surface area (Å²) in [5, 5.41) is 10.1. The first-order chi connectivity index (χ1) is 3.48. The van der Waals surface area contributed by atoms with Crippen LogP contribution < -0.4 is 11.0 Å². The third kappa shape index (κ3) is 2.23. The molecular weight excluding hydrogens is 108 g/mol. The van der Waals surface area contributed by atoms with Gasteiger partial charge < -0.3 is 5.21 Å². The molecule has 0 radical (unpaired) electrons. The summed E-state index contributed by atoms with van der Waals surface area (Å²) in [6, 6.07) is 0. The number of hydrogen-bond donors (Lipinski definition) is 2. The molecule has 50 valence electrons. The monoisotopic (exact) mass is 120 g/mol. The average Bonchev–Trinajstić information content (AvgIpc) is 1.62. The van der Waals surface area contributed by atoms with E-state index in [0.29, 0.717) is 0 Å². The molecule has 0 saturated carbocycles. The van der Waals surface area contributed by atoms with Gasteiger partial charge in [0.05, 0.1) is 7.11 Å².